The van der Waals surface area contributed by atoms with Crippen LogP contribution in [0, 0.1) is 17.0 Å². The first-order chi connectivity index (χ1) is 8.99. The summed E-state index contributed by atoms with van der Waals surface area (Å²) >= 11 is 0. The molecule has 0 saturated carbocycles. The molecule has 0 bridgehead atoms. The van der Waals surface area contributed by atoms with E-state index in [1.54, 1.807) is 20.0 Å². The first-order valence-electron chi connectivity index (χ1n) is 5.73. The first kappa shape index (κ1) is 13.1. The predicted molar refractivity (Wildman–Crippen MR) is 64.3 cm³/mol. The van der Waals surface area contributed by atoms with E-state index in [1.807, 2.05) is 0 Å². The molecule has 1 unspecified atom stereocenters. The zero-order chi connectivity index (χ0) is 14.0. The average Bonchev–Trinajstić information content (AvgIpc) is 2.93. The van der Waals surface area contributed by atoms with Crippen molar-refractivity contribution in [2.75, 3.05) is 0 Å². The number of aryl methyl sites for hydroxylation is 2. The van der Waals surface area contributed by atoms with Crippen molar-refractivity contribution in [3.8, 4) is 0 Å². The minimum Gasteiger partial charge on any atom is -0.387 e. The second-order valence-electron chi connectivity index (χ2n) is 4.15. The second-order valence-corrected chi connectivity index (χ2v) is 4.15. The Kier molecular flexibility index (Phi) is 3.56. The standard InChI is InChI=1S/C10H14N6O3/c1-7(17)9-6-14(13-12-9)3-4-15-8(2)11-5-10(15)16(18)19/h5-7,17H,3-4H2,1-2H3. The van der Waals surface area contributed by atoms with E-state index in [9.17, 15) is 15.2 Å². The van der Waals surface area contributed by atoms with Crippen LogP contribution in [0.3, 0.4) is 0 Å². The van der Waals surface area contributed by atoms with Crippen LogP contribution in [0.15, 0.2) is 12.4 Å². The Morgan fingerprint density at radius 2 is 2.26 bits per heavy atom. The number of aliphatic hydroxyl groups is 1. The summed E-state index contributed by atoms with van der Waals surface area (Å²) in [5, 5.41) is 27.8. The molecule has 0 fully saturated rings. The number of rotatable bonds is 5. The first-order valence-corrected chi connectivity index (χ1v) is 5.73. The lowest BCUT2D eigenvalue weighted by Gasteiger charge is -2.02. The zero-order valence-electron chi connectivity index (χ0n) is 10.6. The lowest BCUT2D eigenvalue weighted by Crippen LogP contribution is -2.11. The Balaban J connectivity index is 2.09. The van der Waals surface area contributed by atoms with Crippen molar-refractivity contribution < 1.29 is 10.0 Å². The van der Waals surface area contributed by atoms with E-state index in [1.165, 1.54) is 15.4 Å². The van der Waals surface area contributed by atoms with Crippen LogP contribution in [0.5, 0.6) is 0 Å². The fourth-order valence-electron chi connectivity index (χ4n) is 1.69. The summed E-state index contributed by atoms with van der Waals surface area (Å²) in [5.41, 5.74) is 0.469. The van der Waals surface area contributed by atoms with Gasteiger partial charge in [-0.3, -0.25) is 0 Å². The Hall–Kier alpha value is -2.29. The number of aromatic nitrogens is 5. The predicted octanol–water partition coefficient (Wildman–Crippen LogP) is 0.445. The van der Waals surface area contributed by atoms with Crippen molar-refractivity contribution in [3.63, 3.8) is 0 Å². The molecule has 2 aromatic rings. The quantitative estimate of drug-likeness (QED) is 0.621. The highest BCUT2D eigenvalue weighted by atomic mass is 16.6. The molecule has 1 N–H and O–H groups in total. The van der Waals surface area contributed by atoms with E-state index >= 15 is 0 Å². The lowest BCUT2D eigenvalue weighted by molar-refractivity contribution is -0.392. The smallest absolute Gasteiger partial charge is 0.342 e. The normalized spacial score (nSPS) is 12.6. The number of aliphatic hydroxyl groups excluding tert-OH is 1. The fraction of sp³-hybridized carbons (Fsp3) is 0.500. The third kappa shape index (κ3) is 2.76. The molecule has 9 heteroatoms. The summed E-state index contributed by atoms with van der Waals surface area (Å²) in [6, 6.07) is 0. The molecule has 19 heavy (non-hydrogen) atoms. The van der Waals surface area contributed by atoms with E-state index in [0.29, 0.717) is 24.6 Å². The molecule has 2 aromatic heterocycles. The van der Waals surface area contributed by atoms with Gasteiger partial charge in [0.15, 0.2) is 5.82 Å². The molecule has 0 aliphatic heterocycles. The Labute approximate surface area is 108 Å². The van der Waals surface area contributed by atoms with Gasteiger partial charge in [-0.1, -0.05) is 5.21 Å². The summed E-state index contributed by atoms with van der Waals surface area (Å²) in [4.78, 5) is 14.3. The maximum absolute atomic E-state index is 10.8. The molecular weight excluding hydrogens is 252 g/mol. The molecule has 9 nitrogen and oxygen atoms in total. The summed E-state index contributed by atoms with van der Waals surface area (Å²) in [6.45, 7) is 4.08. The van der Waals surface area contributed by atoms with Crippen LogP contribution in [0.1, 0.15) is 24.5 Å². The van der Waals surface area contributed by atoms with E-state index in [-0.39, 0.29) is 5.82 Å². The van der Waals surface area contributed by atoms with Gasteiger partial charge in [0, 0.05) is 6.92 Å². The lowest BCUT2D eigenvalue weighted by atomic mass is 10.3. The van der Waals surface area contributed by atoms with Crippen LogP contribution in [0.25, 0.3) is 0 Å². The largest absolute Gasteiger partial charge is 0.387 e. The van der Waals surface area contributed by atoms with Crippen molar-refractivity contribution in [3.05, 3.63) is 34.0 Å². The highest BCUT2D eigenvalue weighted by Crippen LogP contribution is 2.14. The van der Waals surface area contributed by atoms with Gasteiger partial charge in [0.25, 0.3) is 0 Å². The van der Waals surface area contributed by atoms with Crippen molar-refractivity contribution in [1.29, 1.82) is 0 Å². The van der Waals surface area contributed by atoms with Gasteiger partial charge in [-0.15, -0.1) is 5.10 Å². The van der Waals surface area contributed by atoms with Crippen LogP contribution in [0.2, 0.25) is 0 Å². The van der Waals surface area contributed by atoms with Crippen LogP contribution in [0.4, 0.5) is 5.82 Å². The van der Waals surface area contributed by atoms with Gasteiger partial charge in [-0.25, -0.2) is 14.2 Å². The number of nitro groups is 1. The highest BCUT2D eigenvalue weighted by Gasteiger charge is 2.17. The zero-order valence-corrected chi connectivity index (χ0v) is 10.6. The summed E-state index contributed by atoms with van der Waals surface area (Å²) in [6.07, 6.45) is 2.17. The number of hydrogen-bond acceptors (Lipinski definition) is 6. The maximum Gasteiger partial charge on any atom is 0.342 e. The molecule has 0 aromatic carbocycles. The number of nitrogens with zero attached hydrogens (tertiary/aromatic N) is 6. The Bertz CT molecular complexity index is 588. The summed E-state index contributed by atoms with van der Waals surface area (Å²) in [7, 11) is 0. The maximum atomic E-state index is 10.8. The second kappa shape index (κ2) is 5.14. The van der Waals surface area contributed by atoms with Gasteiger partial charge in [-0.2, -0.15) is 0 Å². The van der Waals surface area contributed by atoms with E-state index in [4.69, 9.17) is 0 Å². The molecule has 0 aliphatic rings. The van der Waals surface area contributed by atoms with Crippen molar-refractivity contribution in [2.24, 2.45) is 0 Å². The van der Waals surface area contributed by atoms with Gasteiger partial charge in [0.2, 0.25) is 0 Å². The molecular formula is C10H14N6O3. The van der Waals surface area contributed by atoms with E-state index in [2.05, 4.69) is 15.3 Å². The number of hydrogen-bond donors (Lipinski definition) is 1. The molecule has 2 heterocycles. The minimum atomic E-state index is -0.682. The van der Waals surface area contributed by atoms with Gasteiger partial charge >= 0.3 is 5.82 Å². The molecule has 2 rings (SSSR count). The molecule has 0 saturated heterocycles. The molecule has 102 valence electrons. The number of imidazole rings is 1. The van der Waals surface area contributed by atoms with Gasteiger partial charge in [-0.05, 0) is 11.8 Å². The molecule has 0 radical (unpaired) electrons. The molecule has 0 aliphatic carbocycles. The van der Waals surface area contributed by atoms with Crippen molar-refractivity contribution in [2.45, 2.75) is 33.0 Å². The molecule has 0 spiro atoms. The third-order valence-electron chi connectivity index (χ3n) is 2.76. The highest BCUT2D eigenvalue weighted by molar-refractivity contribution is 5.18. The summed E-state index contributed by atoms with van der Waals surface area (Å²) < 4.78 is 3.04. The van der Waals surface area contributed by atoms with Gasteiger partial charge in [0.05, 0.1) is 18.8 Å². The third-order valence-corrected chi connectivity index (χ3v) is 2.76. The molecule has 1 atom stereocenters. The van der Waals surface area contributed by atoms with E-state index < -0.39 is 11.0 Å². The van der Waals surface area contributed by atoms with Crippen molar-refractivity contribution >= 4 is 5.82 Å². The summed E-state index contributed by atoms with van der Waals surface area (Å²) in [5.74, 6) is 0.524. The van der Waals surface area contributed by atoms with Crippen LogP contribution in [-0.2, 0) is 13.1 Å². The van der Waals surface area contributed by atoms with Crippen molar-refractivity contribution in [1.82, 2.24) is 24.5 Å². The average molecular weight is 266 g/mol. The van der Waals surface area contributed by atoms with Gasteiger partial charge in [0.1, 0.15) is 18.4 Å². The monoisotopic (exact) mass is 266 g/mol. The topological polar surface area (TPSA) is 112 Å². The Morgan fingerprint density at radius 1 is 1.53 bits per heavy atom. The van der Waals surface area contributed by atoms with E-state index in [0.717, 1.165) is 0 Å². The van der Waals surface area contributed by atoms with Crippen LogP contribution >= 0.6 is 0 Å². The van der Waals surface area contributed by atoms with Gasteiger partial charge < -0.3 is 15.2 Å². The SMILES string of the molecule is Cc1ncc([N+](=O)[O-])n1CCn1cc(C(C)O)nn1. The van der Waals surface area contributed by atoms with Crippen LogP contribution < -0.4 is 0 Å². The molecule has 0 amide bonds. The minimum absolute atomic E-state index is 0.0478. The van der Waals surface area contributed by atoms with Crippen LogP contribution in [-0.4, -0.2) is 34.6 Å². The Morgan fingerprint density at radius 3 is 2.84 bits per heavy atom. The fourth-order valence-corrected chi connectivity index (χ4v) is 1.69.